The lowest BCUT2D eigenvalue weighted by Gasteiger charge is -2.39. The molecule has 2 rings (SSSR count). The Morgan fingerprint density at radius 2 is 2.10 bits per heavy atom. The summed E-state index contributed by atoms with van der Waals surface area (Å²) in [5.74, 6) is 2.51. The number of nitrogens with zero attached hydrogens (tertiary/aromatic N) is 1. The van der Waals surface area contributed by atoms with E-state index in [1.807, 2.05) is 0 Å². The molecule has 1 aliphatic carbocycles. The number of likely N-dealkylation sites (N-methyl/N-ethyl adjacent to an activating group) is 1. The molecule has 4 unspecified atom stereocenters. The van der Waals surface area contributed by atoms with E-state index in [4.69, 9.17) is 4.74 Å². The summed E-state index contributed by atoms with van der Waals surface area (Å²) in [6, 6.07) is 0.694. The maximum Gasteiger partial charge on any atom is 0.0826 e. The van der Waals surface area contributed by atoms with Crippen molar-refractivity contribution in [1.29, 1.82) is 0 Å². The van der Waals surface area contributed by atoms with Gasteiger partial charge in [-0.05, 0) is 37.1 Å². The molecule has 0 aromatic carbocycles. The van der Waals surface area contributed by atoms with E-state index in [0.29, 0.717) is 12.1 Å². The summed E-state index contributed by atoms with van der Waals surface area (Å²) in [5.41, 5.74) is 0. The van der Waals surface area contributed by atoms with Gasteiger partial charge in [0.05, 0.1) is 12.7 Å². The lowest BCUT2D eigenvalue weighted by molar-refractivity contribution is -0.0286. The van der Waals surface area contributed by atoms with Gasteiger partial charge in [-0.3, -0.25) is 4.90 Å². The van der Waals surface area contributed by atoms with Gasteiger partial charge in [-0.1, -0.05) is 34.1 Å². The normalized spacial score (nSPS) is 36.5. The third-order valence-electron chi connectivity index (χ3n) is 5.30. The molecule has 1 aliphatic heterocycles. The summed E-state index contributed by atoms with van der Waals surface area (Å²) in [6.45, 7) is 14.7. The van der Waals surface area contributed by atoms with Gasteiger partial charge in [-0.25, -0.2) is 0 Å². The van der Waals surface area contributed by atoms with E-state index in [9.17, 15) is 0 Å². The average molecular weight is 282 g/mol. The summed E-state index contributed by atoms with van der Waals surface area (Å²) in [7, 11) is 0. The third-order valence-corrected chi connectivity index (χ3v) is 5.30. The summed E-state index contributed by atoms with van der Waals surface area (Å²) >= 11 is 0. The van der Waals surface area contributed by atoms with E-state index >= 15 is 0 Å². The maximum atomic E-state index is 5.92. The Hall–Kier alpha value is -0.120. The zero-order valence-electron chi connectivity index (χ0n) is 13.9. The number of ether oxygens (including phenoxy) is 1. The van der Waals surface area contributed by atoms with Crippen molar-refractivity contribution in [2.75, 3.05) is 32.8 Å². The van der Waals surface area contributed by atoms with Crippen LogP contribution >= 0.6 is 0 Å². The van der Waals surface area contributed by atoms with Gasteiger partial charge in [-0.15, -0.1) is 0 Å². The molecule has 0 amide bonds. The quantitative estimate of drug-likeness (QED) is 0.839. The van der Waals surface area contributed by atoms with Crippen LogP contribution in [0.3, 0.4) is 0 Å². The van der Waals surface area contributed by atoms with Crippen LogP contribution in [0.4, 0.5) is 0 Å². The van der Waals surface area contributed by atoms with Gasteiger partial charge in [0.15, 0.2) is 0 Å². The minimum atomic E-state index is 0.383. The topological polar surface area (TPSA) is 24.5 Å². The predicted octanol–water partition coefficient (Wildman–Crippen LogP) is 2.76. The maximum absolute atomic E-state index is 5.92. The van der Waals surface area contributed by atoms with Crippen LogP contribution in [0, 0.1) is 17.8 Å². The zero-order chi connectivity index (χ0) is 14.5. The van der Waals surface area contributed by atoms with Gasteiger partial charge in [-0.2, -0.15) is 0 Å². The molecule has 3 nitrogen and oxygen atoms in total. The van der Waals surface area contributed by atoms with E-state index < -0.39 is 0 Å². The highest BCUT2D eigenvalue weighted by molar-refractivity contribution is 4.86. The minimum absolute atomic E-state index is 0.383. The van der Waals surface area contributed by atoms with Crippen molar-refractivity contribution in [3.8, 4) is 0 Å². The lowest BCUT2D eigenvalue weighted by Crippen LogP contribution is -2.50. The van der Waals surface area contributed by atoms with Crippen LogP contribution in [0.2, 0.25) is 0 Å². The van der Waals surface area contributed by atoms with Crippen molar-refractivity contribution in [2.45, 2.75) is 59.1 Å². The van der Waals surface area contributed by atoms with E-state index in [-0.39, 0.29) is 0 Å². The molecule has 1 heterocycles. The second-order valence-electron chi connectivity index (χ2n) is 7.23. The van der Waals surface area contributed by atoms with Crippen molar-refractivity contribution in [1.82, 2.24) is 10.2 Å². The molecule has 0 radical (unpaired) electrons. The van der Waals surface area contributed by atoms with Crippen LogP contribution in [0.25, 0.3) is 0 Å². The number of hydrogen-bond donors (Lipinski definition) is 1. The first kappa shape index (κ1) is 16.3. The van der Waals surface area contributed by atoms with Crippen LogP contribution in [-0.2, 0) is 4.74 Å². The van der Waals surface area contributed by atoms with Gasteiger partial charge in [0, 0.05) is 25.7 Å². The third kappa shape index (κ3) is 4.44. The van der Waals surface area contributed by atoms with Gasteiger partial charge in [0.25, 0.3) is 0 Å². The van der Waals surface area contributed by atoms with Crippen molar-refractivity contribution in [3.63, 3.8) is 0 Å². The Morgan fingerprint density at radius 1 is 1.30 bits per heavy atom. The Bertz CT molecular complexity index is 282. The smallest absolute Gasteiger partial charge is 0.0826 e. The molecule has 0 aromatic rings. The Labute approximate surface area is 125 Å². The summed E-state index contributed by atoms with van der Waals surface area (Å²) < 4.78 is 5.92. The second-order valence-corrected chi connectivity index (χ2v) is 7.23. The van der Waals surface area contributed by atoms with Gasteiger partial charge in [0.1, 0.15) is 0 Å². The first-order valence-corrected chi connectivity index (χ1v) is 8.67. The van der Waals surface area contributed by atoms with E-state index in [1.165, 1.54) is 19.3 Å². The van der Waals surface area contributed by atoms with Crippen LogP contribution < -0.4 is 5.32 Å². The van der Waals surface area contributed by atoms with Crippen LogP contribution in [0.1, 0.15) is 47.0 Å². The van der Waals surface area contributed by atoms with Crippen molar-refractivity contribution >= 4 is 0 Å². The molecule has 2 aliphatic rings. The average Bonchev–Trinajstić information content (AvgIpc) is 2.45. The van der Waals surface area contributed by atoms with Crippen LogP contribution in [0.5, 0.6) is 0 Å². The molecule has 20 heavy (non-hydrogen) atoms. The largest absolute Gasteiger partial charge is 0.374 e. The molecular formula is C17H34N2O. The highest BCUT2D eigenvalue weighted by Gasteiger charge is 2.31. The monoisotopic (exact) mass is 282 g/mol. The molecule has 4 atom stereocenters. The van der Waals surface area contributed by atoms with Gasteiger partial charge >= 0.3 is 0 Å². The van der Waals surface area contributed by atoms with Crippen molar-refractivity contribution in [2.24, 2.45) is 17.8 Å². The van der Waals surface area contributed by atoms with Crippen molar-refractivity contribution < 1.29 is 4.74 Å². The first-order chi connectivity index (χ1) is 9.60. The summed E-state index contributed by atoms with van der Waals surface area (Å²) in [5, 5.41) is 3.85. The standard InChI is InChI=1S/C17H34N2O/c1-5-19-8-9-20-15(12-19)11-18-17-10-14(4)6-7-16(17)13(2)3/h13-18H,5-12H2,1-4H3. The Morgan fingerprint density at radius 3 is 2.80 bits per heavy atom. The molecule has 1 N–H and O–H groups in total. The molecule has 118 valence electrons. The molecular weight excluding hydrogens is 248 g/mol. The van der Waals surface area contributed by atoms with E-state index in [1.54, 1.807) is 0 Å². The number of nitrogens with one attached hydrogen (secondary N) is 1. The minimum Gasteiger partial charge on any atom is -0.374 e. The molecule has 0 spiro atoms. The fourth-order valence-corrected chi connectivity index (χ4v) is 3.91. The molecule has 1 saturated carbocycles. The highest BCUT2D eigenvalue weighted by atomic mass is 16.5. The van der Waals surface area contributed by atoms with Crippen molar-refractivity contribution in [3.05, 3.63) is 0 Å². The number of rotatable bonds is 5. The van der Waals surface area contributed by atoms with Crippen LogP contribution in [0.15, 0.2) is 0 Å². The van der Waals surface area contributed by atoms with E-state index in [2.05, 4.69) is 37.9 Å². The molecule has 0 aromatic heterocycles. The Kier molecular flexibility index (Phi) is 6.31. The van der Waals surface area contributed by atoms with Gasteiger partial charge < -0.3 is 10.1 Å². The van der Waals surface area contributed by atoms with E-state index in [0.717, 1.165) is 50.5 Å². The highest BCUT2D eigenvalue weighted by Crippen LogP contribution is 2.33. The number of morpholine rings is 1. The molecule has 3 heteroatoms. The second kappa shape index (κ2) is 7.77. The fraction of sp³-hybridized carbons (Fsp3) is 1.00. The Balaban J connectivity index is 1.81. The molecule has 2 fully saturated rings. The summed E-state index contributed by atoms with van der Waals surface area (Å²) in [4.78, 5) is 2.50. The summed E-state index contributed by atoms with van der Waals surface area (Å²) in [6.07, 6.45) is 4.52. The zero-order valence-corrected chi connectivity index (χ0v) is 13.9. The first-order valence-electron chi connectivity index (χ1n) is 8.67. The number of hydrogen-bond acceptors (Lipinski definition) is 3. The lowest BCUT2D eigenvalue weighted by atomic mass is 9.74. The molecule has 1 saturated heterocycles. The SMILES string of the molecule is CCN1CCOC(CNC2CC(C)CCC2C(C)C)C1. The van der Waals surface area contributed by atoms with Gasteiger partial charge in [0.2, 0.25) is 0 Å². The fourth-order valence-electron chi connectivity index (χ4n) is 3.91. The van der Waals surface area contributed by atoms with Crippen LogP contribution in [-0.4, -0.2) is 49.8 Å². The predicted molar refractivity (Wildman–Crippen MR) is 85.0 cm³/mol. The molecule has 0 bridgehead atoms.